The normalized spacial score (nSPS) is 20.1. The average molecular weight is 237 g/mol. The first-order chi connectivity index (χ1) is 7.83. The maximum absolute atomic E-state index is 9.53. The standard InChI is InChI=1S/C14H27N3/c1-6-16-14(9-15,12-7-8-12)11-17(5)10-13(2,3)4/h12,16H,6-8,10-11H2,1-5H3. The van der Waals surface area contributed by atoms with Crippen molar-refractivity contribution in [3.8, 4) is 6.07 Å². The summed E-state index contributed by atoms with van der Waals surface area (Å²) >= 11 is 0. The molecule has 0 radical (unpaired) electrons. The van der Waals surface area contributed by atoms with Gasteiger partial charge in [-0.1, -0.05) is 27.7 Å². The third-order valence-corrected chi connectivity index (χ3v) is 3.23. The molecule has 0 bridgehead atoms. The summed E-state index contributed by atoms with van der Waals surface area (Å²) in [5, 5.41) is 12.9. The number of hydrogen-bond donors (Lipinski definition) is 1. The summed E-state index contributed by atoms with van der Waals surface area (Å²) in [5.41, 5.74) is -0.0412. The number of likely N-dealkylation sites (N-methyl/N-ethyl adjacent to an activating group) is 2. The van der Waals surface area contributed by atoms with Gasteiger partial charge in [-0.15, -0.1) is 0 Å². The Morgan fingerprint density at radius 1 is 1.29 bits per heavy atom. The predicted octanol–water partition coefficient (Wildman–Crippen LogP) is 2.25. The van der Waals surface area contributed by atoms with Crippen LogP contribution in [0, 0.1) is 22.7 Å². The van der Waals surface area contributed by atoms with Crippen LogP contribution in [0.15, 0.2) is 0 Å². The highest BCUT2D eigenvalue weighted by molar-refractivity contribution is 5.16. The second kappa shape index (κ2) is 5.37. The molecule has 0 aromatic carbocycles. The summed E-state index contributed by atoms with van der Waals surface area (Å²) in [6, 6.07) is 2.54. The highest BCUT2D eigenvalue weighted by Crippen LogP contribution is 2.40. The Morgan fingerprint density at radius 2 is 1.88 bits per heavy atom. The minimum Gasteiger partial charge on any atom is -0.303 e. The van der Waals surface area contributed by atoms with Gasteiger partial charge in [0.15, 0.2) is 0 Å². The average Bonchev–Trinajstić information content (AvgIpc) is 2.97. The Balaban J connectivity index is 2.63. The highest BCUT2D eigenvalue weighted by atomic mass is 15.2. The van der Waals surface area contributed by atoms with E-state index in [4.69, 9.17) is 0 Å². The molecule has 1 fully saturated rings. The van der Waals surface area contributed by atoms with E-state index in [9.17, 15) is 5.26 Å². The van der Waals surface area contributed by atoms with E-state index in [2.05, 4.69) is 51.0 Å². The summed E-state index contributed by atoms with van der Waals surface area (Å²) < 4.78 is 0. The van der Waals surface area contributed by atoms with Crippen molar-refractivity contribution in [3.63, 3.8) is 0 Å². The number of nitriles is 1. The van der Waals surface area contributed by atoms with Crippen LogP contribution in [0.25, 0.3) is 0 Å². The molecular formula is C14H27N3. The van der Waals surface area contributed by atoms with Crippen LogP contribution in [-0.2, 0) is 0 Å². The Kier molecular flexibility index (Phi) is 4.57. The van der Waals surface area contributed by atoms with Crippen molar-refractivity contribution < 1.29 is 0 Å². The molecule has 0 spiro atoms. The van der Waals surface area contributed by atoms with Crippen molar-refractivity contribution in [1.82, 2.24) is 10.2 Å². The van der Waals surface area contributed by atoms with Gasteiger partial charge < -0.3 is 4.90 Å². The summed E-state index contributed by atoms with van der Waals surface area (Å²) in [5.74, 6) is 0.551. The SMILES string of the molecule is CCNC(C#N)(CN(C)CC(C)(C)C)C1CC1. The van der Waals surface area contributed by atoms with E-state index in [1.807, 2.05) is 0 Å². The molecule has 1 aliphatic carbocycles. The van der Waals surface area contributed by atoms with Crippen LogP contribution >= 0.6 is 0 Å². The van der Waals surface area contributed by atoms with Gasteiger partial charge in [-0.2, -0.15) is 5.26 Å². The number of hydrogen-bond acceptors (Lipinski definition) is 3. The van der Waals surface area contributed by atoms with Crippen LogP contribution < -0.4 is 5.32 Å². The zero-order valence-electron chi connectivity index (χ0n) is 12.0. The minimum absolute atomic E-state index is 0.283. The molecule has 0 saturated heterocycles. The molecule has 1 unspecified atom stereocenters. The third kappa shape index (κ3) is 4.29. The highest BCUT2D eigenvalue weighted by Gasteiger charge is 2.45. The predicted molar refractivity (Wildman–Crippen MR) is 71.7 cm³/mol. The van der Waals surface area contributed by atoms with Crippen molar-refractivity contribution in [2.24, 2.45) is 11.3 Å². The lowest BCUT2D eigenvalue weighted by molar-refractivity contribution is 0.177. The maximum atomic E-state index is 9.53. The molecule has 3 nitrogen and oxygen atoms in total. The first-order valence-corrected chi connectivity index (χ1v) is 6.68. The molecule has 0 aromatic heterocycles. The van der Waals surface area contributed by atoms with E-state index in [1.54, 1.807) is 0 Å². The molecular weight excluding hydrogens is 210 g/mol. The fourth-order valence-electron chi connectivity index (χ4n) is 2.68. The smallest absolute Gasteiger partial charge is 0.122 e. The Hall–Kier alpha value is -0.590. The lowest BCUT2D eigenvalue weighted by Crippen LogP contribution is -2.54. The second-order valence-electron chi connectivity index (χ2n) is 6.62. The largest absolute Gasteiger partial charge is 0.303 e. The van der Waals surface area contributed by atoms with Crippen molar-refractivity contribution in [2.75, 3.05) is 26.7 Å². The summed E-state index contributed by atoms with van der Waals surface area (Å²) in [4.78, 5) is 2.30. The van der Waals surface area contributed by atoms with Gasteiger partial charge in [0.1, 0.15) is 5.54 Å². The fourth-order valence-corrected chi connectivity index (χ4v) is 2.68. The van der Waals surface area contributed by atoms with Gasteiger partial charge in [0, 0.05) is 13.1 Å². The monoisotopic (exact) mass is 237 g/mol. The van der Waals surface area contributed by atoms with E-state index in [-0.39, 0.29) is 11.0 Å². The minimum atomic E-state index is -0.325. The molecule has 1 rings (SSSR count). The zero-order chi connectivity index (χ0) is 13.1. The van der Waals surface area contributed by atoms with Crippen LogP contribution in [-0.4, -0.2) is 37.1 Å². The van der Waals surface area contributed by atoms with E-state index in [0.717, 1.165) is 19.6 Å². The maximum Gasteiger partial charge on any atom is 0.122 e. The molecule has 0 aliphatic heterocycles. The Morgan fingerprint density at radius 3 is 2.24 bits per heavy atom. The second-order valence-corrected chi connectivity index (χ2v) is 6.62. The molecule has 17 heavy (non-hydrogen) atoms. The number of nitrogens with zero attached hydrogens (tertiary/aromatic N) is 2. The van der Waals surface area contributed by atoms with E-state index in [0.29, 0.717) is 5.92 Å². The third-order valence-electron chi connectivity index (χ3n) is 3.23. The van der Waals surface area contributed by atoms with Gasteiger partial charge in [0.25, 0.3) is 0 Å². The van der Waals surface area contributed by atoms with Crippen molar-refractivity contribution >= 4 is 0 Å². The van der Waals surface area contributed by atoms with Gasteiger partial charge >= 0.3 is 0 Å². The van der Waals surface area contributed by atoms with E-state index >= 15 is 0 Å². The summed E-state index contributed by atoms with van der Waals surface area (Å²) in [7, 11) is 2.12. The van der Waals surface area contributed by atoms with Crippen LogP contribution in [0.1, 0.15) is 40.5 Å². The first-order valence-electron chi connectivity index (χ1n) is 6.68. The summed E-state index contributed by atoms with van der Waals surface area (Å²) in [6.45, 7) is 11.5. The van der Waals surface area contributed by atoms with Crippen LogP contribution in [0.5, 0.6) is 0 Å². The Labute approximate surface area is 106 Å². The van der Waals surface area contributed by atoms with Crippen molar-refractivity contribution in [2.45, 2.75) is 46.1 Å². The van der Waals surface area contributed by atoms with Gasteiger partial charge in [-0.05, 0) is 37.8 Å². The molecule has 1 atom stereocenters. The zero-order valence-corrected chi connectivity index (χ0v) is 12.0. The van der Waals surface area contributed by atoms with E-state index < -0.39 is 0 Å². The van der Waals surface area contributed by atoms with Gasteiger partial charge in [-0.25, -0.2) is 0 Å². The van der Waals surface area contributed by atoms with Gasteiger partial charge in [0.05, 0.1) is 6.07 Å². The summed E-state index contributed by atoms with van der Waals surface area (Å²) in [6.07, 6.45) is 2.40. The number of rotatable bonds is 6. The van der Waals surface area contributed by atoms with Crippen molar-refractivity contribution in [1.29, 1.82) is 5.26 Å². The quantitative estimate of drug-likeness (QED) is 0.770. The Bertz CT molecular complexity index is 283. The topological polar surface area (TPSA) is 39.1 Å². The molecule has 1 aliphatic rings. The van der Waals surface area contributed by atoms with E-state index in [1.165, 1.54) is 12.8 Å². The molecule has 0 heterocycles. The van der Waals surface area contributed by atoms with Gasteiger partial charge in [-0.3, -0.25) is 5.32 Å². The molecule has 3 heteroatoms. The molecule has 1 N–H and O–H groups in total. The lowest BCUT2D eigenvalue weighted by atomic mass is 9.91. The van der Waals surface area contributed by atoms with Crippen LogP contribution in [0.4, 0.5) is 0 Å². The molecule has 1 saturated carbocycles. The van der Waals surface area contributed by atoms with Crippen LogP contribution in [0.2, 0.25) is 0 Å². The molecule has 0 aromatic rings. The first kappa shape index (κ1) is 14.5. The van der Waals surface area contributed by atoms with Gasteiger partial charge in [0.2, 0.25) is 0 Å². The molecule has 0 amide bonds. The fraction of sp³-hybridized carbons (Fsp3) is 0.929. The lowest BCUT2D eigenvalue weighted by Gasteiger charge is -2.35. The van der Waals surface area contributed by atoms with Crippen LogP contribution in [0.3, 0.4) is 0 Å². The number of nitrogens with one attached hydrogen (secondary N) is 1. The molecule has 98 valence electrons. The van der Waals surface area contributed by atoms with Crippen molar-refractivity contribution in [3.05, 3.63) is 0 Å².